The van der Waals surface area contributed by atoms with Crippen LogP contribution in [0.5, 0.6) is 0 Å². The Balaban J connectivity index is 2.43. The number of rotatable bonds is 0. The third-order valence-corrected chi connectivity index (χ3v) is 3.61. The number of pyridine rings is 1. The first-order valence-electron chi connectivity index (χ1n) is 5.55. The third kappa shape index (κ3) is 1.07. The van der Waals surface area contributed by atoms with Gasteiger partial charge >= 0.3 is 0 Å². The Labute approximate surface area is 95.0 Å². The molecule has 0 atom stereocenters. The molecule has 3 rings (SSSR count). The summed E-state index contributed by atoms with van der Waals surface area (Å²) < 4.78 is 0. The van der Waals surface area contributed by atoms with Gasteiger partial charge in [-0.25, -0.2) is 0 Å². The predicted octanol–water partition coefficient (Wildman–Crippen LogP) is 3.62. The topological polar surface area (TPSA) is 25.2 Å². The number of hydrogen-bond donors (Lipinski definition) is 0. The van der Waals surface area contributed by atoms with Crippen LogP contribution in [0.15, 0.2) is 35.5 Å². The van der Waals surface area contributed by atoms with Gasteiger partial charge in [-0.1, -0.05) is 32.0 Å². The highest BCUT2D eigenvalue weighted by Gasteiger charge is 2.33. The minimum Gasteiger partial charge on any atom is -0.255 e. The van der Waals surface area contributed by atoms with Gasteiger partial charge in [0, 0.05) is 22.7 Å². The van der Waals surface area contributed by atoms with Crippen molar-refractivity contribution in [3.63, 3.8) is 0 Å². The maximum Gasteiger partial charge on any atom is 0.0961 e. The molecule has 1 aliphatic rings. The summed E-state index contributed by atoms with van der Waals surface area (Å²) in [7, 11) is 0. The van der Waals surface area contributed by atoms with Crippen LogP contribution in [0, 0.1) is 0 Å². The number of fused-ring (bicyclic) bond motifs is 3. The highest BCUT2D eigenvalue weighted by Crippen LogP contribution is 2.43. The molecule has 2 nitrogen and oxygen atoms in total. The van der Waals surface area contributed by atoms with Crippen molar-refractivity contribution >= 4 is 22.3 Å². The van der Waals surface area contributed by atoms with E-state index in [1.165, 1.54) is 11.3 Å². The lowest BCUT2D eigenvalue weighted by atomic mass is 9.82. The summed E-state index contributed by atoms with van der Waals surface area (Å²) in [6.07, 6.45) is 1.83. The van der Waals surface area contributed by atoms with E-state index in [1.54, 1.807) is 0 Å². The second-order valence-electron chi connectivity index (χ2n) is 4.86. The fraction of sp³-hybridized carbons (Fsp3) is 0.286. The molecule has 0 spiro atoms. The zero-order valence-electron chi connectivity index (χ0n) is 9.78. The SMILES string of the molecule is CC1=Nc2c(ccc3cccnc23)C1(C)C. The quantitative estimate of drug-likeness (QED) is 0.652. The van der Waals surface area contributed by atoms with Gasteiger partial charge in [0.15, 0.2) is 0 Å². The Bertz CT molecular complexity index is 609. The second-order valence-corrected chi connectivity index (χ2v) is 4.86. The Morgan fingerprint density at radius 1 is 1.12 bits per heavy atom. The van der Waals surface area contributed by atoms with E-state index in [4.69, 9.17) is 0 Å². The smallest absolute Gasteiger partial charge is 0.0961 e. The van der Waals surface area contributed by atoms with Gasteiger partial charge in [0.25, 0.3) is 0 Å². The highest BCUT2D eigenvalue weighted by atomic mass is 14.8. The van der Waals surface area contributed by atoms with E-state index < -0.39 is 0 Å². The van der Waals surface area contributed by atoms with Crippen LogP contribution in [0.2, 0.25) is 0 Å². The number of nitrogens with zero attached hydrogens (tertiary/aromatic N) is 2. The molecular formula is C14H14N2. The average molecular weight is 210 g/mol. The first-order valence-corrected chi connectivity index (χ1v) is 5.55. The number of benzene rings is 1. The summed E-state index contributed by atoms with van der Waals surface area (Å²) in [6, 6.07) is 8.36. The molecule has 1 aliphatic heterocycles. The zero-order valence-corrected chi connectivity index (χ0v) is 9.78. The Kier molecular flexibility index (Phi) is 1.73. The Morgan fingerprint density at radius 2 is 1.94 bits per heavy atom. The first kappa shape index (κ1) is 9.52. The molecule has 1 aromatic heterocycles. The fourth-order valence-corrected chi connectivity index (χ4v) is 2.25. The van der Waals surface area contributed by atoms with Crippen LogP contribution >= 0.6 is 0 Å². The van der Waals surface area contributed by atoms with Gasteiger partial charge in [-0.3, -0.25) is 9.98 Å². The molecule has 0 saturated carbocycles. The van der Waals surface area contributed by atoms with E-state index in [2.05, 4.69) is 48.9 Å². The zero-order chi connectivity index (χ0) is 11.3. The molecule has 80 valence electrons. The molecule has 0 fully saturated rings. The van der Waals surface area contributed by atoms with Crippen molar-refractivity contribution in [2.75, 3.05) is 0 Å². The lowest BCUT2D eigenvalue weighted by Gasteiger charge is -2.19. The van der Waals surface area contributed by atoms with Gasteiger partial charge in [-0.2, -0.15) is 0 Å². The van der Waals surface area contributed by atoms with Crippen molar-refractivity contribution in [2.45, 2.75) is 26.2 Å². The molecule has 1 aromatic carbocycles. The summed E-state index contributed by atoms with van der Waals surface area (Å²) in [6.45, 7) is 6.52. The van der Waals surface area contributed by atoms with Crippen molar-refractivity contribution < 1.29 is 0 Å². The normalized spacial score (nSPS) is 17.3. The van der Waals surface area contributed by atoms with E-state index in [0.29, 0.717) is 0 Å². The molecule has 0 aliphatic carbocycles. The van der Waals surface area contributed by atoms with Crippen molar-refractivity contribution in [3.8, 4) is 0 Å². The van der Waals surface area contributed by atoms with Gasteiger partial charge in [-0.05, 0) is 18.6 Å². The monoisotopic (exact) mass is 210 g/mol. The van der Waals surface area contributed by atoms with Gasteiger partial charge in [0.05, 0.1) is 11.2 Å². The van der Waals surface area contributed by atoms with Crippen molar-refractivity contribution in [1.29, 1.82) is 0 Å². The van der Waals surface area contributed by atoms with Crippen molar-refractivity contribution in [2.24, 2.45) is 4.99 Å². The summed E-state index contributed by atoms with van der Waals surface area (Å²) in [5.41, 5.74) is 4.57. The van der Waals surface area contributed by atoms with Gasteiger partial charge in [-0.15, -0.1) is 0 Å². The minimum absolute atomic E-state index is 0.0427. The number of hydrogen-bond acceptors (Lipinski definition) is 2. The van der Waals surface area contributed by atoms with Crippen molar-refractivity contribution in [1.82, 2.24) is 4.98 Å². The van der Waals surface area contributed by atoms with Gasteiger partial charge < -0.3 is 0 Å². The molecule has 0 saturated heterocycles. The molecule has 0 amide bonds. The highest BCUT2D eigenvalue weighted by molar-refractivity contribution is 6.05. The van der Waals surface area contributed by atoms with E-state index in [9.17, 15) is 0 Å². The largest absolute Gasteiger partial charge is 0.255 e. The van der Waals surface area contributed by atoms with Crippen LogP contribution < -0.4 is 0 Å². The Morgan fingerprint density at radius 3 is 2.75 bits per heavy atom. The van der Waals surface area contributed by atoms with Crippen LogP contribution in [0.25, 0.3) is 10.9 Å². The lowest BCUT2D eigenvalue weighted by Crippen LogP contribution is -2.22. The van der Waals surface area contributed by atoms with Crippen molar-refractivity contribution in [3.05, 3.63) is 36.0 Å². The molecule has 16 heavy (non-hydrogen) atoms. The minimum atomic E-state index is 0.0427. The van der Waals surface area contributed by atoms with E-state index in [0.717, 1.165) is 16.6 Å². The standard InChI is InChI=1S/C14H14N2/c1-9-14(2,3)11-7-6-10-5-4-8-15-12(10)13(11)16-9/h4-8H,1-3H3. The van der Waals surface area contributed by atoms with Gasteiger partial charge in [0.1, 0.15) is 0 Å². The van der Waals surface area contributed by atoms with Crippen LogP contribution in [-0.2, 0) is 5.41 Å². The maximum atomic E-state index is 4.69. The second kappa shape index (κ2) is 2.91. The molecular weight excluding hydrogens is 196 g/mol. The van der Waals surface area contributed by atoms with E-state index in [-0.39, 0.29) is 5.41 Å². The molecule has 2 aromatic rings. The van der Waals surface area contributed by atoms with E-state index in [1.807, 2.05) is 12.3 Å². The summed E-state index contributed by atoms with van der Waals surface area (Å²) in [5.74, 6) is 0. The maximum absolute atomic E-state index is 4.69. The molecule has 2 heterocycles. The molecule has 0 bridgehead atoms. The predicted molar refractivity (Wildman–Crippen MR) is 67.5 cm³/mol. The summed E-state index contributed by atoms with van der Waals surface area (Å²) >= 11 is 0. The van der Waals surface area contributed by atoms with Crippen LogP contribution in [0.4, 0.5) is 5.69 Å². The van der Waals surface area contributed by atoms with Gasteiger partial charge in [0.2, 0.25) is 0 Å². The van der Waals surface area contributed by atoms with E-state index >= 15 is 0 Å². The third-order valence-electron chi connectivity index (χ3n) is 3.61. The lowest BCUT2D eigenvalue weighted by molar-refractivity contribution is 0.734. The summed E-state index contributed by atoms with van der Waals surface area (Å²) in [4.78, 5) is 9.13. The number of aliphatic imine (C=N–C) groups is 1. The van der Waals surface area contributed by atoms with Crippen LogP contribution in [-0.4, -0.2) is 10.7 Å². The first-order chi connectivity index (χ1) is 7.60. The van der Waals surface area contributed by atoms with Crippen LogP contribution in [0.1, 0.15) is 26.3 Å². The number of aromatic nitrogens is 1. The average Bonchev–Trinajstić information content (AvgIpc) is 2.51. The van der Waals surface area contributed by atoms with Crippen LogP contribution in [0.3, 0.4) is 0 Å². The molecule has 2 heteroatoms. The molecule has 0 N–H and O–H groups in total. The molecule has 0 radical (unpaired) electrons. The fourth-order valence-electron chi connectivity index (χ4n) is 2.25. The summed E-state index contributed by atoms with van der Waals surface area (Å²) in [5, 5.41) is 1.16. The Hall–Kier alpha value is -1.70. The molecule has 0 unspecified atom stereocenters.